The second-order valence-corrected chi connectivity index (χ2v) is 11.8. The summed E-state index contributed by atoms with van der Waals surface area (Å²) in [5.41, 5.74) is 2.44. The van der Waals surface area contributed by atoms with Crippen LogP contribution in [0.15, 0.2) is 40.6 Å². The summed E-state index contributed by atoms with van der Waals surface area (Å²) >= 11 is 1.28. The number of nitrogens with zero attached hydrogens (tertiary/aromatic N) is 2. The van der Waals surface area contributed by atoms with Crippen molar-refractivity contribution < 1.29 is 13.2 Å². The van der Waals surface area contributed by atoms with Crippen molar-refractivity contribution in [2.45, 2.75) is 43.4 Å². The van der Waals surface area contributed by atoms with Gasteiger partial charge in [-0.25, -0.2) is 8.42 Å². The molecule has 1 aliphatic rings. The summed E-state index contributed by atoms with van der Waals surface area (Å²) < 4.78 is 27.7. The molecule has 1 aromatic carbocycles. The number of carbonyl (C=O) groups is 1. The van der Waals surface area contributed by atoms with Gasteiger partial charge in [0, 0.05) is 24.5 Å². The van der Waals surface area contributed by atoms with Gasteiger partial charge in [0.15, 0.2) is 0 Å². The van der Waals surface area contributed by atoms with Crippen LogP contribution < -0.4 is 5.32 Å². The van der Waals surface area contributed by atoms with Crippen molar-refractivity contribution in [3.05, 3.63) is 52.4 Å². The SMILES string of the molecule is CCc1ccc(C(CNC(=O)C2CCCN(S(=O)(=O)c3ccc(C)s3)C2)N(C)C)cc1. The molecule has 2 atom stereocenters. The Morgan fingerprint density at radius 3 is 2.52 bits per heavy atom. The third kappa shape index (κ3) is 5.74. The number of amides is 1. The van der Waals surface area contributed by atoms with Gasteiger partial charge in [-0.2, -0.15) is 4.31 Å². The molecule has 1 fully saturated rings. The van der Waals surface area contributed by atoms with E-state index in [0.717, 1.165) is 16.9 Å². The molecule has 0 bridgehead atoms. The van der Waals surface area contributed by atoms with Crippen molar-refractivity contribution in [2.75, 3.05) is 33.7 Å². The van der Waals surface area contributed by atoms with Crippen LogP contribution in [0.3, 0.4) is 0 Å². The Morgan fingerprint density at radius 2 is 1.94 bits per heavy atom. The number of benzene rings is 1. The summed E-state index contributed by atoms with van der Waals surface area (Å²) in [5.74, 6) is -0.394. The zero-order valence-corrected chi connectivity index (χ0v) is 20.4. The van der Waals surface area contributed by atoms with Gasteiger partial charge in [-0.1, -0.05) is 31.2 Å². The number of hydrogen-bond donors (Lipinski definition) is 1. The molecule has 2 heterocycles. The molecule has 1 aliphatic heterocycles. The molecule has 1 amide bonds. The van der Waals surface area contributed by atoms with Crippen LogP contribution in [-0.2, 0) is 21.2 Å². The van der Waals surface area contributed by atoms with Gasteiger partial charge in [-0.05, 0) is 63.5 Å². The van der Waals surface area contributed by atoms with Gasteiger partial charge in [-0.15, -0.1) is 11.3 Å². The molecule has 1 saturated heterocycles. The fraction of sp³-hybridized carbons (Fsp3) is 0.522. The number of piperidine rings is 1. The lowest BCUT2D eigenvalue weighted by Gasteiger charge is -2.32. The number of thiophene rings is 1. The highest BCUT2D eigenvalue weighted by Crippen LogP contribution is 2.28. The lowest BCUT2D eigenvalue weighted by molar-refractivity contribution is -0.126. The zero-order chi connectivity index (χ0) is 22.6. The smallest absolute Gasteiger partial charge is 0.252 e. The molecule has 8 heteroatoms. The molecular weight excluding hydrogens is 430 g/mol. The van der Waals surface area contributed by atoms with Gasteiger partial charge in [0.1, 0.15) is 4.21 Å². The molecule has 0 radical (unpaired) electrons. The summed E-state index contributed by atoms with van der Waals surface area (Å²) in [7, 11) is 0.467. The first-order chi connectivity index (χ1) is 14.7. The van der Waals surface area contributed by atoms with E-state index in [0.29, 0.717) is 30.1 Å². The normalized spacial score (nSPS) is 18.8. The Hall–Kier alpha value is -1.74. The zero-order valence-electron chi connectivity index (χ0n) is 18.8. The van der Waals surface area contributed by atoms with Crippen LogP contribution in [0.4, 0.5) is 0 Å². The quantitative estimate of drug-likeness (QED) is 0.651. The van der Waals surface area contributed by atoms with Crippen molar-refractivity contribution >= 4 is 27.3 Å². The third-order valence-corrected chi connectivity index (χ3v) is 9.26. The Balaban J connectivity index is 1.63. The first-order valence-electron chi connectivity index (χ1n) is 10.8. The molecule has 2 aromatic rings. The predicted molar refractivity (Wildman–Crippen MR) is 126 cm³/mol. The molecule has 6 nitrogen and oxygen atoms in total. The van der Waals surface area contributed by atoms with Crippen LogP contribution in [0.1, 0.15) is 41.8 Å². The fourth-order valence-electron chi connectivity index (χ4n) is 3.97. The summed E-state index contributed by atoms with van der Waals surface area (Å²) in [5, 5.41) is 3.08. The molecule has 0 aliphatic carbocycles. The standard InChI is InChI=1S/C23H33N3O3S2/c1-5-18-9-11-19(12-10-18)21(25(3)4)15-24-23(27)20-7-6-14-26(16-20)31(28,29)22-13-8-17(2)30-22/h8-13,20-21H,5-7,14-16H2,1-4H3,(H,24,27). The minimum absolute atomic E-state index is 0.0624. The van der Waals surface area contributed by atoms with Crippen LogP contribution in [0.25, 0.3) is 0 Å². The molecule has 0 saturated carbocycles. The molecule has 0 spiro atoms. The van der Waals surface area contributed by atoms with Crippen LogP contribution in [0.5, 0.6) is 0 Å². The predicted octanol–water partition coefficient (Wildman–Crippen LogP) is 3.44. The number of hydrogen-bond acceptors (Lipinski definition) is 5. The summed E-state index contributed by atoms with van der Waals surface area (Å²) in [6, 6.07) is 12.0. The highest BCUT2D eigenvalue weighted by molar-refractivity contribution is 7.91. The Bertz CT molecular complexity index is 984. The Kier molecular flexibility index (Phi) is 7.91. The van der Waals surface area contributed by atoms with Crippen LogP contribution in [-0.4, -0.2) is 57.3 Å². The van der Waals surface area contributed by atoms with Gasteiger partial charge in [-0.3, -0.25) is 4.79 Å². The number of carbonyl (C=O) groups excluding carboxylic acids is 1. The molecule has 170 valence electrons. The van der Waals surface area contributed by atoms with E-state index in [2.05, 4.69) is 41.4 Å². The average Bonchev–Trinajstić information content (AvgIpc) is 3.21. The number of rotatable bonds is 8. The van der Waals surface area contributed by atoms with E-state index < -0.39 is 10.0 Å². The number of likely N-dealkylation sites (N-methyl/N-ethyl adjacent to an activating group) is 1. The van der Waals surface area contributed by atoms with E-state index >= 15 is 0 Å². The average molecular weight is 464 g/mol. The van der Waals surface area contributed by atoms with Crippen LogP contribution in [0.2, 0.25) is 0 Å². The first kappa shape index (κ1) is 23.9. The number of nitrogens with one attached hydrogen (secondary N) is 1. The highest BCUT2D eigenvalue weighted by atomic mass is 32.2. The second-order valence-electron chi connectivity index (χ2n) is 8.39. The summed E-state index contributed by atoms with van der Waals surface area (Å²) in [4.78, 5) is 16.0. The second kappa shape index (κ2) is 10.3. The number of sulfonamides is 1. The lowest BCUT2D eigenvalue weighted by atomic mass is 9.98. The van der Waals surface area contributed by atoms with E-state index in [1.54, 1.807) is 6.07 Å². The molecule has 1 N–H and O–H groups in total. The minimum atomic E-state index is -3.54. The maximum absolute atomic E-state index is 13.0. The molecule has 2 unspecified atom stereocenters. The van der Waals surface area contributed by atoms with Gasteiger partial charge in [0.2, 0.25) is 5.91 Å². The van der Waals surface area contributed by atoms with Gasteiger partial charge in [0.25, 0.3) is 10.0 Å². The maximum atomic E-state index is 13.0. The van der Waals surface area contributed by atoms with E-state index in [4.69, 9.17) is 0 Å². The van der Waals surface area contributed by atoms with E-state index in [1.807, 2.05) is 27.1 Å². The molecule has 1 aromatic heterocycles. The van der Waals surface area contributed by atoms with Crippen molar-refractivity contribution in [3.63, 3.8) is 0 Å². The maximum Gasteiger partial charge on any atom is 0.252 e. The van der Waals surface area contributed by atoms with Crippen molar-refractivity contribution in [3.8, 4) is 0 Å². The highest BCUT2D eigenvalue weighted by Gasteiger charge is 2.34. The van der Waals surface area contributed by atoms with Gasteiger partial charge in [0.05, 0.1) is 12.0 Å². The fourth-order valence-corrected chi connectivity index (χ4v) is 6.93. The van der Waals surface area contributed by atoms with E-state index in [-0.39, 0.29) is 24.4 Å². The van der Waals surface area contributed by atoms with Crippen molar-refractivity contribution in [1.82, 2.24) is 14.5 Å². The number of aryl methyl sites for hydroxylation is 2. The van der Waals surface area contributed by atoms with Gasteiger partial charge >= 0.3 is 0 Å². The monoisotopic (exact) mass is 463 g/mol. The van der Waals surface area contributed by atoms with Crippen LogP contribution in [0, 0.1) is 12.8 Å². The van der Waals surface area contributed by atoms with E-state index in [9.17, 15) is 13.2 Å². The third-order valence-electron chi connectivity index (χ3n) is 5.93. The largest absolute Gasteiger partial charge is 0.354 e. The Morgan fingerprint density at radius 1 is 1.23 bits per heavy atom. The topological polar surface area (TPSA) is 69.7 Å². The molecular formula is C23H33N3O3S2. The van der Waals surface area contributed by atoms with Gasteiger partial charge < -0.3 is 10.2 Å². The van der Waals surface area contributed by atoms with Crippen molar-refractivity contribution in [2.24, 2.45) is 5.92 Å². The van der Waals surface area contributed by atoms with Crippen LogP contribution >= 0.6 is 11.3 Å². The molecule has 3 rings (SSSR count). The summed E-state index contributed by atoms with van der Waals surface area (Å²) in [6.07, 6.45) is 2.40. The van der Waals surface area contributed by atoms with Crippen molar-refractivity contribution in [1.29, 1.82) is 0 Å². The lowest BCUT2D eigenvalue weighted by Crippen LogP contribution is -2.46. The van der Waals surface area contributed by atoms with E-state index in [1.165, 1.54) is 21.2 Å². The Labute approximate surface area is 190 Å². The first-order valence-corrected chi connectivity index (χ1v) is 13.1. The summed E-state index contributed by atoms with van der Waals surface area (Å²) in [6.45, 7) is 5.22. The minimum Gasteiger partial charge on any atom is -0.354 e. The molecule has 31 heavy (non-hydrogen) atoms.